The Balaban J connectivity index is 1.99. The van der Waals surface area contributed by atoms with Crippen LogP contribution in [0.15, 0.2) is 45.4 Å². The van der Waals surface area contributed by atoms with E-state index in [-0.39, 0.29) is 40.3 Å². The predicted molar refractivity (Wildman–Crippen MR) is 133 cm³/mol. The molecule has 0 saturated carbocycles. The second kappa shape index (κ2) is 9.57. The van der Waals surface area contributed by atoms with Crippen LogP contribution in [0.2, 0.25) is 0 Å². The third kappa shape index (κ3) is 6.02. The maximum Gasteiger partial charge on any atom is 0.231 e. The van der Waals surface area contributed by atoms with E-state index >= 15 is 0 Å². The summed E-state index contributed by atoms with van der Waals surface area (Å²) in [6.07, 6.45) is 7.20. The fraction of sp³-hybridized carbons (Fsp3) is 0.600. The molecule has 0 bridgehead atoms. The van der Waals surface area contributed by atoms with Gasteiger partial charge < -0.3 is 9.47 Å². The van der Waals surface area contributed by atoms with Gasteiger partial charge in [0.05, 0.1) is 7.11 Å². The molecule has 7 nitrogen and oxygen atoms in total. The largest absolute Gasteiger partial charge is 0.481 e. The molecule has 0 N–H and O–H groups in total. The molecule has 3 aliphatic heterocycles. The lowest BCUT2D eigenvalue weighted by atomic mass is 9.83. The standard InChI is InChI=1S/C25H34BrN3O4/c1-24(2,3)15-8-9-19(32-7)28-20(12-15)33-21-14-17(26)16(25(4,5)6)13-18(27-21)29-22(30)10-11-23(29)31/h8-9,12-13,17-18,20H,10-11,14H2,1-7H3/t17-,18+,20?/m0/s1. The van der Waals surface area contributed by atoms with Crippen molar-refractivity contribution in [1.29, 1.82) is 0 Å². The van der Waals surface area contributed by atoms with Crippen LogP contribution in [0.3, 0.4) is 0 Å². The number of alkyl halides is 1. The molecule has 3 heterocycles. The molecule has 3 aliphatic rings. The summed E-state index contributed by atoms with van der Waals surface area (Å²) >= 11 is 3.79. The van der Waals surface area contributed by atoms with Gasteiger partial charge in [-0.2, -0.15) is 0 Å². The van der Waals surface area contributed by atoms with E-state index in [4.69, 9.17) is 14.5 Å². The first-order chi connectivity index (χ1) is 15.3. The molecule has 3 rings (SSSR count). The highest BCUT2D eigenvalue weighted by Crippen LogP contribution is 2.37. The Morgan fingerprint density at radius 3 is 2.15 bits per heavy atom. The number of hydrogen-bond acceptors (Lipinski definition) is 6. The van der Waals surface area contributed by atoms with Gasteiger partial charge in [-0.15, -0.1) is 0 Å². The summed E-state index contributed by atoms with van der Waals surface area (Å²) in [7, 11) is 1.57. The van der Waals surface area contributed by atoms with Crippen molar-refractivity contribution in [2.24, 2.45) is 20.8 Å². The van der Waals surface area contributed by atoms with Crippen LogP contribution in [0.5, 0.6) is 0 Å². The first-order valence-electron chi connectivity index (χ1n) is 11.3. The number of methoxy groups -OCH3 is 1. The maximum atomic E-state index is 12.5. The monoisotopic (exact) mass is 519 g/mol. The molecule has 0 aromatic heterocycles. The molecule has 8 heteroatoms. The van der Waals surface area contributed by atoms with Gasteiger partial charge in [0.15, 0.2) is 12.1 Å². The molecule has 33 heavy (non-hydrogen) atoms. The smallest absolute Gasteiger partial charge is 0.231 e. The number of ether oxygens (including phenoxy) is 2. The normalized spacial score (nSPS) is 26.8. The Morgan fingerprint density at radius 1 is 0.970 bits per heavy atom. The van der Waals surface area contributed by atoms with Crippen LogP contribution < -0.4 is 0 Å². The number of nitrogens with zero attached hydrogens (tertiary/aromatic N) is 3. The summed E-state index contributed by atoms with van der Waals surface area (Å²) in [5, 5.41) is 0. The van der Waals surface area contributed by atoms with E-state index in [0.29, 0.717) is 18.2 Å². The number of likely N-dealkylation sites (tertiary alicyclic amines) is 1. The molecule has 0 aromatic carbocycles. The van der Waals surface area contributed by atoms with Gasteiger partial charge in [0.25, 0.3) is 0 Å². The van der Waals surface area contributed by atoms with Crippen LogP contribution >= 0.6 is 15.9 Å². The summed E-state index contributed by atoms with van der Waals surface area (Å²) < 4.78 is 11.7. The van der Waals surface area contributed by atoms with Crippen LogP contribution in [0.1, 0.15) is 60.8 Å². The Morgan fingerprint density at radius 2 is 1.61 bits per heavy atom. The van der Waals surface area contributed by atoms with E-state index in [1.54, 1.807) is 7.11 Å². The molecule has 1 unspecified atom stereocenters. The summed E-state index contributed by atoms with van der Waals surface area (Å²) in [4.78, 5) is 35.5. The molecule has 1 fully saturated rings. The van der Waals surface area contributed by atoms with E-state index in [0.717, 1.165) is 11.1 Å². The van der Waals surface area contributed by atoms with Crippen LogP contribution in [0.4, 0.5) is 0 Å². The molecule has 0 spiro atoms. The average Bonchev–Trinajstić information content (AvgIpc) is 2.85. The van der Waals surface area contributed by atoms with Crippen LogP contribution in [0, 0.1) is 10.8 Å². The molecular weight excluding hydrogens is 486 g/mol. The summed E-state index contributed by atoms with van der Waals surface area (Å²) in [6.45, 7) is 12.7. The fourth-order valence-corrected chi connectivity index (χ4v) is 5.10. The zero-order valence-corrected chi connectivity index (χ0v) is 22.1. The van der Waals surface area contributed by atoms with Crippen molar-refractivity contribution in [3.05, 3.63) is 35.5 Å². The minimum atomic E-state index is -0.736. The van der Waals surface area contributed by atoms with E-state index in [1.807, 2.05) is 24.3 Å². The highest BCUT2D eigenvalue weighted by atomic mass is 79.9. The SMILES string of the molecule is COC1=NC(OC2=N[C@H](N3C(=O)CCC3=O)C=C(C(C)(C)C)[C@@H](Br)C2)C=C(C(C)(C)C)C=C1. The minimum Gasteiger partial charge on any atom is -0.481 e. The molecule has 0 aromatic rings. The quantitative estimate of drug-likeness (QED) is 0.294. The highest BCUT2D eigenvalue weighted by molar-refractivity contribution is 9.09. The maximum absolute atomic E-state index is 12.5. The third-order valence-electron chi connectivity index (χ3n) is 5.83. The molecular formula is C25H34BrN3O4. The van der Waals surface area contributed by atoms with Crippen LogP contribution in [-0.2, 0) is 19.1 Å². The van der Waals surface area contributed by atoms with E-state index in [9.17, 15) is 9.59 Å². The Bertz CT molecular complexity index is 947. The Kier molecular flexibility index (Phi) is 7.36. The second-order valence-electron chi connectivity index (χ2n) is 10.5. The van der Waals surface area contributed by atoms with Crippen molar-refractivity contribution in [3.63, 3.8) is 0 Å². The molecule has 0 radical (unpaired) electrons. The van der Waals surface area contributed by atoms with Crippen molar-refractivity contribution in [3.8, 4) is 0 Å². The number of halogens is 1. The lowest BCUT2D eigenvalue weighted by Gasteiger charge is -2.28. The van der Waals surface area contributed by atoms with Gasteiger partial charge in [-0.05, 0) is 28.6 Å². The van der Waals surface area contributed by atoms with E-state index in [2.05, 4.69) is 62.5 Å². The molecule has 2 amide bonds. The number of allylic oxidation sites excluding steroid dienone is 3. The molecule has 180 valence electrons. The van der Waals surface area contributed by atoms with Crippen molar-refractivity contribution < 1.29 is 19.1 Å². The van der Waals surface area contributed by atoms with Gasteiger partial charge in [0.2, 0.25) is 23.9 Å². The van der Waals surface area contributed by atoms with Crippen LogP contribution in [0.25, 0.3) is 0 Å². The predicted octanol–water partition coefficient (Wildman–Crippen LogP) is 4.93. The van der Waals surface area contributed by atoms with Gasteiger partial charge in [-0.1, -0.05) is 69.1 Å². The number of carbonyl (C=O) groups excluding carboxylic acids is 2. The first kappa shape index (κ1) is 25.4. The Hall–Kier alpha value is -2.22. The summed E-state index contributed by atoms with van der Waals surface area (Å²) in [5.41, 5.74) is 1.83. The summed E-state index contributed by atoms with van der Waals surface area (Å²) in [5.74, 6) is 0.466. The highest BCUT2D eigenvalue weighted by Gasteiger charge is 2.38. The van der Waals surface area contributed by atoms with Crippen molar-refractivity contribution in [2.45, 2.75) is 78.0 Å². The number of carbonyl (C=O) groups is 2. The lowest BCUT2D eigenvalue weighted by molar-refractivity contribution is -0.139. The second-order valence-corrected chi connectivity index (χ2v) is 11.6. The number of hydrogen-bond donors (Lipinski definition) is 0. The fourth-order valence-electron chi connectivity index (χ4n) is 3.98. The van der Waals surface area contributed by atoms with E-state index < -0.39 is 12.4 Å². The first-order valence-corrected chi connectivity index (χ1v) is 12.2. The van der Waals surface area contributed by atoms with Crippen molar-refractivity contribution in [2.75, 3.05) is 7.11 Å². The van der Waals surface area contributed by atoms with Gasteiger partial charge in [0, 0.05) is 30.2 Å². The van der Waals surface area contributed by atoms with E-state index in [1.165, 1.54) is 4.90 Å². The number of aliphatic imine (C=N–C) groups is 2. The minimum absolute atomic E-state index is 0.0603. The van der Waals surface area contributed by atoms with Gasteiger partial charge in [0.1, 0.15) is 0 Å². The number of imide groups is 1. The molecule has 1 saturated heterocycles. The molecule has 0 aliphatic carbocycles. The zero-order valence-electron chi connectivity index (χ0n) is 20.5. The van der Waals surface area contributed by atoms with Crippen molar-refractivity contribution in [1.82, 2.24) is 4.90 Å². The van der Waals surface area contributed by atoms with Gasteiger partial charge in [-0.3, -0.25) is 14.5 Å². The van der Waals surface area contributed by atoms with Crippen molar-refractivity contribution >= 4 is 39.5 Å². The topological polar surface area (TPSA) is 80.6 Å². The third-order valence-corrected chi connectivity index (χ3v) is 6.65. The molecule has 3 atom stereocenters. The van der Waals surface area contributed by atoms with Gasteiger partial charge >= 0.3 is 0 Å². The zero-order chi connectivity index (χ0) is 24.6. The lowest BCUT2D eigenvalue weighted by Crippen LogP contribution is -2.38. The number of rotatable bonds is 2. The average molecular weight is 520 g/mol. The van der Waals surface area contributed by atoms with Crippen LogP contribution in [-0.4, -0.2) is 52.8 Å². The number of amides is 2. The summed E-state index contributed by atoms with van der Waals surface area (Å²) in [6, 6.07) is 0. The van der Waals surface area contributed by atoms with Gasteiger partial charge in [-0.25, -0.2) is 9.98 Å². The Labute approximate surface area is 204 Å².